The van der Waals surface area contributed by atoms with Crippen LogP contribution in [0.15, 0.2) is 30.5 Å². The van der Waals surface area contributed by atoms with Gasteiger partial charge in [-0.25, -0.2) is 4.68 Å². The van der Waals surface area contributed by atoms with Crippen LogP contribution in [-0.4, -0.2) is 32.0 Å². The second-order valence-corrected chi connectivity index (χ2v) is 4.19. The van der Waals surface area contributed by atoms with Gasteiger partial charge in [0.15, 0.2) is 5.69 Å². The van der Waals surface area contributed by atoms with Crippen LogP contribution >= 0.6 is 0 Å². The Balaban J connectivity index is 1.96. The second-order valence-electron chi connectivity index (χ2n) is 4.19. The Labute approximate surface area is 119 Å². The summed E-state index contributed by atoms with van der Waals surface area (Å²) < 4.78 is 1.06. The smallest absolute Gasteiger partial charge is 0.325 e. The van der Waals surface area contributed by atoms with Crippen LogP contribution in [-0.2, 0) is 17.9 Å². The largest absolute Gasteiger partial charge is 0.480 e. The van der Waals surface area contributed by atoms with Crippen LogP contribution in [0, 0.1) is 11.3 Å². The first-order valence-corrected chi connectivity index (χ1v) is 5.97. The zero-order valence-electron chi connectivity index (χ0n) is 10.9. The number of carbonyl (C=O) groups is 2. The summed E-state index contributed by atoms with van der Waals surface area (Å²) in [5.41, 5.74) is 1.32. The summed E-state index contributed by atoms with van der Waals surface area (Å²) in [6.45, 7) is -0.120. The number of nitrogens with zero attached hydrogens (tertiary/aromatic N) is 4. The summed E-state index contributed by atoms with van der Waals surface area (Å²) in [4.78, 5) is 22.3. The van der Waals surface area contributed by atoms with E-state index in [-0.39, 0.29) is 18.8 Å². The van der Waals surface area contributed by atoms with Gasteiger partial charge in [0.2, 0.25) is 0 Å². The van der Waals surface area contributed by atoms with E-state index in [4.69, 9.17) is 10.4 Å². The van der Waals surface area contributed by atoms with E-state index in [1.54, 1.807) is 24.3 Å². The molecule has 0 aliphatic heterocycles. The molecule has 2 aromatic rings. The fourth-order valence-electron chi connectivity index (χ4n) is 1.64. The number of carbonyl (C=O) groups excluding carboxylic acids is 1. The van der Waals surface area contributed by atoms with E-state index in [9.17, 15) is 9.59 Å². The van der Waals surface area contributed by atoms with Crippen molar-refractivity contribution in [2.75, 3.05) is 0 Å². The molecular weight excluding hydrogens is 274 g/mol. The van der Waals surface area contributed by atoms with Crippen LogP contribution in [0.2, 0.25) is 0 Å². The summed E-state index contributed by atoms with van der Waals surface area (Å²) in [6, 6.07) is 8.86. The molecule has 0 aliphatic rings. The SMILES string of the molecule is N#Cc1cccc(CNC(=O)c2cn(CC(=O)O)nn2)c1. The minimum Gasteiger partial charge on any atom is -0.480 e. The van der Waals surface area contributed by atoms with Crippen molar-refractivity contribution in [1.29, 1.82) is 5.26 Å². The molecule has 0 aliphatic carbocycles. The molecule has 0 bridgehead atoms. The second kappa shape index (κ2) is 6.29. The third-order valence-electron chi connectivity index (χ3n) is 2.58. The molecule has 1 aromatic carbocycles. The van der Waals surface area contributed by atoms with Gasteiger partial charge in [0.1, 0.15) is 6.54 Å². The Hall–Kier alpha value is -3.21. The monoisotopic (exact) mass is 285 g/mol. The standard InChI is InChI=1S/C13H11N5O3/c14-5-9-2-1-3-10(4-9)6-15-13(21)11-7-18(17-16-11)8-12(19)20/h1-4,7H,6,8H2,(H,15,21)(H,19,20). The van der Waals surface area contributed by atoms with Gasteiger partial charge in [-0.3, -0.25) is 9.59 Å². The van der Waals surface area contributed by atoms with Gasteiger partial charge < -0.3 is 10.4 Å². The average Bonchev–Trinajstić information content (AvgIpc) is 2.92. The first-order chi connectivity index (χ1) is 10.1. The third kappa shape index (κ3) is 3.87. The predicted molar refractivity (Wildman–Crippen MR) is 70.0 cm³/mol. The molecule has 0 spiro atoms. The minimum atomic E-state index is -1.07. The molecule has 8 heteroatoms. The summed E-state index contributed by atoms with van der Waals surface area (Å²) in [6.07, 6.45) is 1.26. The van der Waals surface area contributed by atoms with Crippen LogP contribution in [0.1, 0.15) is 21.6 Å². The Morgan fingerprint density at radius 3 is 2.95 bits per heavy atom. The number of hydrogen-bond donors (Lipinski definition) is 2. The van der Waals surface area contributed by atoms with Gasteiger partial charge in [0, 0.05) is 6.54 Å². The van der Waals surface area contributed by atoms with Crippen LogP contribution in [0.4, 0.5) is 0 Å². The molecule has 0 fully saturated rings. The van der Waals surface area contributed by atoms with E-state index in [0.29, 0.717) is 5.56 Å². The zero-order chi connectivity index (χ0) is 15.2. The van der Waals surface area contributed by atoms with Crippen molar-refractivity contribution in [3.05, 3.63) is 47.3 Å². The summed E-state index contributed by atoms with van der Waals surface area (Å²) in [5.74, 6) is -1.53. The highest BCUT2D eigenvalue weighted by Crippen LogP contribution is 2.04. The molecule has 1 aromatic heterocycles. The topological polar surface area (TPSA) is 121 Å². The van der Waals surface area contributed by atoms with Crippen molar-refractivity contribution in [3.63, 3.8) is 0 Å². The minimum absolute atomic E-state index is 0.0349. The summed E-state index contributed by atoms with van der Waals surface area (Å²) in [7, 11) is 0. The first-order valence-electron chi connectivity index (χ1n) is 5.97. The van der Waals surface area contributed by atoms with E-state index in [2.05, 4.69) is 15.6 Å². The normalized spacial score (nSPS) is 9.86. The number of carboxylic acids is 1. The molecule has 2 rings (SSSR count). The van der Waals surface area contributed by atoms with Crippen molar-refractivity contribution >= 4 is 11.9 Å². The fourth-order valence-corrected chi connectivity index (χ4v) is 1.64. The number of amides is 1. The number of rotatable bonds is 5. The Kier molecular flexibility index (Phi) is 4.26. The predicted octanol–water partition coefficient (Wildman–Crippen LogP) is 0.164. The van der Waals surface area contributed by atoms with Crippen LogP contribution in [0.25, 0.3) is 0 Å². The van der Waals surface area contributed by atoms with E-state index in [1.165, 1.54) is 6.20 Å². The van der Waals surface area contributed by atoms with Crippen molar-refractivity contribution in [1.82, 2.24) is 20.3 Å². The summed E-state index contributed by atoms with van der Waals surface area (Å²) >= 11 is 0. The average molecular weight is 285 g/mol. The Morgan fingerprint density at radius 1 is 1.43 bits per heavy atom. The van der Waals surface area contributed by atoms with E-state index in [1.807, 2.05) is 6.07 Å². The molecule has 106 valence electrons. The lowest BCUT2D eigenvalue weighted by Crippen LogP contribution is -2.23. The fraction of sp³-hybridized carbons (Fsp3) is 0.154. The van der Waals surface area contributed by atoms with Gasteiger partial charge in [-0.2, -0.15) is 5.26 Å². The number of nitriles is 1. The van der Waals surface area contributed by atoms with E-state index >= 15 is 0 Å². The zero-order valence-corrected chi connectivity index (χ0v) is 10.9. The molecule has 0 saturated carbocycles. The number of carboxylic acid groups (broad SMARTS) is 1. The van der Waals surface area contributed by atoms with Gasteiger partial charge in [-0.15, -0.1) is 5.10 Å². The van der Waals surface area contributed by atoms with Gasteiger partial charge in [-0.05, 0) is 17.7 Å². The third-order valence-corrected chi connectivity index (χ3v) is 2.58. The number of hydrogen-bond acceptors (Lipinski definition) is 5. The molecule has 0 unspecified atom stereocenters. The lowest BCUT2D eigenvalue weighted by molar-refractivity contribution is -0.137. The molecule has 8 nitrogen and oxygen atoms in total. The number of benzene rings is 1. The Bertz CT molecular complexity index is 717. The van der Waals surface area contributed by atoms with Gasteiger partial charge in [0.25, 0.3) is 5.91 Å². The molecule has 21 heavy (non-hydrogen) atoms. The van der Waals surface area contributed by atoms with Crippen molar-refractivity contribution in [2.24, 2.45) is 0 Å². The van der Waals surface area contributed by atoms with Crippen molar-refractivity contribution in [2.45, 2.75) is 13.1 Å². The van der Waals surface area contributed by atoms with E-state index < -0.39 is 11.9 Å². The van der Waals surface area contributed by atoms with Crippen LogP contribution < -0.4 is 5.32 Å². The number of aliphatic carboxylic acids is 1. The maximum Gasteiger partial charge on any atom is 0.325 e. The highest BCUT2D eigenvalue weighted by atomic mass is 16.4. The van der Waals surface area contributed by atoms with Crippen LogP contribution in [0.3, 0.4) is 0 Å². The highest BCUT2D eigenvalue weighted by Gasteiger charge is 2.11. The van der Waals surface area contributed by atoms with Crippen molar-refractivity contribution < 1.29 is 14.7 Å². The van der Waals surface area contributed by atoms with E-state index in [0.717, 1.165) is 10.2 Å². The van der Waals surface area contributed by atoms with Crippen LogP contribution in [0.5, 0.6) is 0 Å². The van der Waals surface area contributed by atoms with Gasteiger partial charge >= 0.3 is 5.97 Å². The molecule has 1 amide bonds. The Morgan fingerprint density at radius 2 is 2.24 bits per heavy atom. The maximum atomic E-state index is 11.8. The lowest BCUT2D eigenvalue weighted by atomic mass is 10.1. The highest BCUT2D eigenvalue weighted by molar-refractivity contribution is 5.91. The summed E-state index contributed by atoms with van der Waals surface area (Å²) in [5, 5.41) is 27.2. The van der Waals surface area contributed by atoms with Gasteiger partial charge in [0.05, 0.1) is 17.8 Å². The van der Waals surface area contributed by atoms with Gasteiger partial charge in [-0.1, -0.05) is 17.3 Å². The molecule has 0 atom stereocenters. The molecule has 0 radical (unpaired) electrons. The lowest BCUT2D eigenvalue weighted by Gasteiger charge is -2.03. The molecular formula is C13H11N5O3. The molecule has 0 saturated heterocycles. The number of aromatic nitrogens is 3. The van der Waals surface area contributed by atoms with Crippen molar-refractivity contribution in [3.8, 4) is 6.07 Å². The molecule has 1 heterocycles. The maximum absolute atomic E-state index is 11.8. The first kappa shape index (κ1) is 14.2. The number of nitrogens with one attached hydrogen (secondary N) is 1. The molecule has 2 N–H and O–H groups in total. The quantitative estimate of drug-likeness (QED) is 0.807.